The van der Waals surface area contributed by atoms with Crippen LogP contribution in [0.25, 0.3) is 0 Å². The van der Waals surface area contributed by atoms with E-state index in [2.05, 4.69) is 0 Å². The van der Waals surface area contributed by atoms with Crippen molar-refractivity contribution in [2.24, 2.45) is 5.73 Å². The van der Waals surface area contributed by atoms with E-state index < -0.39 is 17.0 Å². The van der Waals surface area contributed by atoms with Gasteiger partial charge in [-0.2, -0.15) is 0 Å². The van der Waals surface area contributed by atoms with Crippen molar-refractivity contribution in [2.75, 3.05) is 13.7 Å². The standard InChI is InChI=1S/C11H14N2O6/c1-18-8-3-2-7(13(16)17)6-10(8)19-9(4-5-12)11(14)15/h2-3,6,9H,4-5,12H2,1H3,(H,14,15). The maximum Gasteiger partial charge on any atom is 0.344 e. The first-order valence-electron chi connectivity index (χ1n) is 5.41. The highest BCUT2D eigenvalue weighted by molar-refractivity contribution is 5.73. The van der Waals surface area contributed by atoms with Gasteiger partial charge in [-0.05, 0) is 12.6 Å². The maximum absolute atomic E-state index is 11.0. The summed E-state index contributed by atoms with van der Waals surface area (Å²) >= 11 is 0. The Balaban J connectivity index is 3.05. The van der Waals surface area contributed by atoms with Crippen molar-refractivity contribution >= 4 is 11.7 Å². The van der Waals surface area contributed by atoms with E-state index in [1.54, 1.807) is 0 Å². The number of rotatable bonds is 7. The third-order valence-electron chi connectivity index (χ3n) is 2.33. The van der Waals surface area contributed by atoms with Gasteiger partial charge in [0.1, 0.15) is 0 Å². The van der Waals surface area contributed by atoms with Crippen LogP contribution in [0.5, 0.6) is 11.5 Å². The molecule has 0 aromatic heterocycles. The molecule has 0 saturated heterocycles. The Morgan fingerprint density at radius 3 is 2.68 bits per heavy atom. The Labute approximate surface area is 108 Å². The van der Waals surface area contributed by atoms with Crippen LogP contribution in [0.15, 0.2) is 18.2 Å². The number of carboxylic acid groups (broad SMARTS) is 1. The van der Waals surface area contributed by atoms with Gasteiger partial charge in [-0.25, -0.2) is 4.79 Å². The molecular formula is C11H14N2O6. The molecule has 3 N–H and O–H groups in total. The van der Waals surface area contributed by atoms with Gasteiger partial charge in [-0.1, -0.05) is 0 Å². The summed E-state index contributed by atoms with van der Waals surface area (Å²) in [6.07, 6.45) is -1.10. The van der Waals surface area contributed by atoms with Crippen LogP contribution in [0.4, 0.5) is 5.69 Å². The zero-order chi connectivity index (χ0) is 14.4. The number of non-ortho nitro benzene ring substituents is 1. The van der Waals surface area contributed by atoms with E-state index in [1.165, 1.54) is 19.2 Å². The topological polar surface area (TPSA) is 125 Å². The largest absolute Gasteiger partial charge is 0.493 e. The van der Waals surface area contributed by atoms with Crippen LogP contribution in [0, 0.1) is 10.1 Å². The van der Waals surface area contributed by atoms with E-state index >= 15 is 0 Å². The highest BCUT2D eigenvalue weighted by Gasteiger charge is 2.22. The second-order valence-electron chi connectivity index (χ2n) is 3.61. The van der Waals surface area contributed by atoms with Crippen molar-refractivity contribution in [3.05, 3.63) is 28.3 Å². The van der Waals surface area contributed by atoms with Crippen LogP contribution in [0.3, 0.4) is 0 Å². The molecule has 0 aliphatic rings. The minimum Gasteiger partial charge on any atom is -0.493 e. The molecule has 0 bridgehead atoms. The fraction of sp³-hybridized carbons (Fsp3) is 0.364. The molecule has 0 radical (unpaired) electrons. The van der Waals surface area contributed by atoms with E-state index in [4.69, 9.17) is 20.3 Å². The summed E-state index contributed by atoms with van der Waals surface area (Å²) in [4.78, 5) is 21.0. The predicted octanol–water partition coefficient (Wildman–Crippen LogP) is 0.784. The van der Waals surface area contributed by atoms with E-state index in [9.17, 15) is 14.9 Å². The van der Waals surface area contributed by atoms with Gasteiger partial charge in [0, 0.05) is 12.5 Å². The highest BCUT2D eigenvalue weighted by Crippen LogP contribution is 2.32. The molecule has 0 heterocycles. The number of carboxylic acids is 1. The van der Waals surface area contributed by atoms with Gasteiger partial charge in [-0.3, -0.25) is 10.1 Å². The van der Waals surface area contributed by atoms with Crippen LogP contribution < -0.4 is 15.2 Å². The molecule has 1 atom stereocenters. The molecule has 1 unspecified atom stereocenters. The number of hydrogen-bond donors (Lipinski definition) is 2. The summed E-state index contributed by atoms with van der Waals surface area (Å²) in [5, 5.41) is 19.6. The van der Waals surface area contributed by atoms with Gasteiger partial charge < -0.3 is 20.3 Å². The average molecular weight is 270 g/mol. The normalized spacial score (nSPS) is 11.7. The van der Waals surface area contributed by atoms with E-state index in [0.29, 0.717) is 0 Å². The van der Waals surface area contributed by atoms with Crippen molar-refractivity contribution in [2.45, 2.75) is 12.5 Å². The SMILES string of the molecule is COc1ccc([N+](=O)[O-])cc1OC(CCN)C(=O)O. The number of nitrogens with zero attached hydrogens (tertiary/aromatic N) is 1. The fourth-order valence-electron chi connectivity index (χ4n) is 1.41. The lowest BCUT2D eigenvalue weighted by Gasteiger charge is -2.16. The van der Waals surface area contributed by atoms with Crippen molar-refractivity contribution in [3.63, 3.8) is 0 Å². The molecule has 0 aliphatic heterocycles. The number of nitro groups is 1. The van der Waals surface area contributed by atoms with Gasteiger partial charge in [-0.15, -0.1) is 0 Å². The van der Waals surface area contributed by atoms with Crippen molar-refractivity contribution in [1.82, 2.24) is 0 Å². The Hall–Kier alpha value is -2.35. The molecule has 0 saturated carbocycles. The fourth-order valence-corrected chi connectivity index (χ4v) is 1.41. The molecule has 0 aliphatic carbocycles. The lowest BCUT2D eigenvalue weighted by atomic mass is 10.2. The number of aliphatic carboxylic acids is 1. The van der Waals surface area contributed by atoms with Gasteiger partial charge >= 0.3 is 5.97 Å². The molecule has 104 valence electrons. The minimum atomic E-state index is -1.20. The predicted molar refractivity (Wildman–Crippen MR) is 65.4 cm³/mol. The Morgan fingerprint density at radius 2 is 2.21 bits per heavy atom. The average Bonchev–Trinajstić information content (AvgIpc) is 2.37. The molecular weight excluding hydrogens is 256 g/mol. The molecule has 8 heteroatoms. The lowest BCUT2D eigenvalue weighted by Crippen LogP contribution is -2.29. The third kappa shape index (κ3) is 3.81. The molecule has 1 rings (SSSR count). The zero-order valence-corrected chi connectivity index (χ0v) is 10.2. The second kappa shape index (κ2) is 6.55. The first-order valence-corrected chi connectivity index (χ1v) is 5.41. The number of nitro benzene ring substituents is 1. The Kier molecular flexibility index (Phi) is 5.07. The van der Waals surface area contributed by atoms with Crippen molar-refractivity contribution < 1.29 is 24.3 Å². The zero-order valence-electron chi connectivity index (χ0n) is 10.2. The maximum atomic E-state index is 11.0. The number of carbonyl (C=O) groups is 1. The Morgan fingerprint density at radius 1 is 1.53 bits per heavy atom. The third-order valence-corrected chi connectivity index (χ3v) is 2.33. The summed E-state index contributed by atoms with van der Waals surface area (Å²) < 4.78 is 10.2. The van der Waals surface area contributed by atoms with Crippen LogP contribution in [-0.4, -0.2) is 35.8 Å². The quantitative estimate of drug-likeness (QED) is 0.554. The second-order valence-corrected chi connectivity index (χ2v) is 3.61. The van der Waals surface area contributed by atoms with Crippen LogP contribution >= 0.6 is 0 Å². The molecule has 0 fully saturated rings. The molecule has 0 amide bonds. The van der Waals surface area contributed by atoms with Gasteiger partial charge in [0.05, 0.1) is 18.1 Å². The monoisotopic (exact) mass is 270 g/mol. The number of ether oxygens (including phenoxy) is 2. The van der Waals surface area contributed by atoms with E-state index in [1.807, 2.05) is 0 Å². The lowest BCUT2D eigenvalue weighted by molar-refractivity contribution is -0.385. The molecule has 19 heavy (non-hydrogen) atoms. The number of methoxy groups -OCH3 is 1. The smallest absolute Gasteiger partial charge is 0.344 e. The minimum absolute atomic E-state index is 0.00227. The first-order chi connectivity index (χ1) is 8.99. The molecule has 1 aromatic carbocycles. The van der Waals surface area contributed by atoms with E-state index in [0.717, 1.165) is 6.07 Å². The first kappa shape index (κ1) is 14.7. The van der Waals surface area contributed by atoms with Crippen LogP contribution in [-0.2, 0) is 4.79 Å². The summed E-state index contributed by atoms with van der Waals surface area (Å²) in [5.41, 5.74) is 5.07. The van der Waals surface area contributed by atoms with Gasteiger partial charge in [0.25, 0.3) is 5.69 Å². The van der Waals surface area contributed by atoms with E-state index in [-0.39, 0.29) is 30.2 Å². The van der Waals surface area contributed by atoms with Crippen LogP contribution in [0.1, 0.15) is 6.42 Å². The number of hydrogen-bond acceptors (Lipinski definition) is 6. The molecule has 8 nitrogen and oxygen atoms in total. The number of nitrogens with two attached hydrogens (primary N) is 1. The molecule has 0 spiro atoms. The van der Waals surface area contributed by atoms with Crippen molar-refractivity contribution in [1.29, 1.82) is 0 Å². The summed E-state index contributed by atoms with van der Waals surface area (Å²) in [6.45, 7) is 0.119. The number of benzene rings is 1. The highest BCUT2D eigenvalue weighted by atomic mass is 16.6. The Bertz CT molecular complexity index is 476. The van der Waals surface area contributed by atoms with Gasteiger partial charge in [0.2, 0.25) is 0 Å². The molecule has 1 aromatic rings. The van der Waals surface area contributed by atoms with Crippen molar-refractivity contribution in [3.8, 4) is 11.5 Å². The summed E-state index contributed by atoms with van der Waals surface area (Å²) in [7, 11) is 1.35. The summed E-state index contributed by atoms with van der Waals surface area (Å²) in [6, 6.07) is 3.70. The van der Waals surface area contributed by atoms with Crippen LogP contribution in [0.2, 0.25) is 0 Å². The van der Waals surface area contributed by atoms with Gasteiger partial charge in [0.15, 0.2) is 17.6 Å². The summed E-state index contributed by atoms with van der Waals surface area (Å²) in [5.74, 6) is -0.981.